The molecule has 0 saturated carbocycles. The Morgan fingerprint density at radius 3 is 1.48 bits per heavy atom. The number of hydrogen-bond donors (Lipinski definition) is 0. The summed E-state index contributed by atoms with van der Waals surface area (Å²) in [6.07, 6.45) is 2.06. The van der Waals surface area contributed by atoms with Gasteiger partial charge in [0.1, 0.15) is 5.54 Å². The van der Waals surface area contributed by atoms with Gasteiger partial charge in [-0.05, 0) is 23.6 Å². The largest absolute Gasteiger partial charge is 0.468 e. The SMILES string of the molecule is COc1nc(C)cn1C(c1ccccc1)(c1ccccc1)c1ccccc1. The zero-order valence-corrected chi connectivity index (χ0v) is 15.5. The van der Waals surface area contributed by atoms with Crippen molar-refractivity contribution in [3.63, 3.8) is 0 Å². The Hall–Kier alpha value is -3.33. The topological polar surface area (TPSA) is 27.1 Å². The molecule has 4 aromatic rings. The van der Waals surface area contributed by atoms with Gasteiger partial charge in [-0.25, -0.2) is 4.98 Å². The molecule has 0 aliphatic heterocycles. The summed E-state index contributed by atoms with van der Waals surface area (Å²) in [5.74, 6) is 0. The van der Waals surface area contributed by atoms with Crippen molar-refractivity contribution in [1.82, 2.24) is 9.55 Å². The van der Waals surface area contributed by atoms with Gasteiger partial charge in [0.05, 0.1) is 12.8 Å². The van der Waals surface area contributed by atoms with Crippen molar-refractivity contribution >= 4 is 0 Å². The summed E-state index contributed by atoms with van der Waals surface area (Å²) in [4.78, 5) is 4.61. The molecule has 0 aliphatic rings. The molecule has 0 unspecified atom stereocenters. The van der Waals surface area contributed by atoms with Crippen LogP contribution >= 0.6 is 0 Å². The lowest BCUT2D eigenvalue weighted by molar-refractivity contribution is 0.333. The predicted octanol–water partition coefficient (Wildman–Crippen LogP) is 5.04. The first-order chi connectivity index (χ1) is 13.3. The van der Waals surface area contributed by atoms with Crippen LogP contribution in [0.5, 0.6) is 6.01 Å². The Balaban J connectivity index is 2.16. The number of rotatable bonds is 5. The smallest absolute Gasteiger partial charge is 0.297 e. The van der Waals surface area contributed by atoms with Crippen LogP contribution in [0, 0.1) is 6.92 Å². The summed E-state index contributed by atoms with van der Waals surface area (Å²) in [6, 6.07) is 32.1. The van der Waals surface area contributed by atoms with Crippen molar-refractivity contribution in [2.45, 2.75) is 12.5 Å². The predicted molar refractivity (Wildman–Crippen MR) is 108 cm³/mol. The normalized spacial score (nSPS) is 11.3. The molecule has 1 aromatic heterocycles. The first kappa shape index (κ1) is 17.1. The van der Waals surface area contributed by atoms with Crippen LogP contribution in [0.3, 0.4) is 0 Å². The Morgan fingerprint density at radius 2 is 1.11 bits per heavy atom. The number of hydrogen-bond acceptors (Lipinski definition) is 2. The van der Waals surface area contributed by atoms with Gasteiger partial charge in [0.15, 0.2) is 0 Å². The molecule has 4 rings (SSSR count). The van der Waals surface area contributed by atoms with Crippen molar-refractivity contribution in [3.8, 4) is 6.01 Å². The van der Waals surface area contributed by atoms with Gasteiger partial charge in [-0.3, -0.25) is 4.57 Å². The number of imidazole rings is 1. The molecule has 3 nitrogen and oxygen atoms in total. The highest BCUT2D eigenvalue weighted by Crippen LogP contribution is 2.43. The molecule has 0 spiro atoms. The van der Waals surface area contributed by atoms with Crippen molar-refractivity contribution in [1.29, 1.82) is 0 Å². The Bertz CT molecular complexity index is 912. The summed E-state index contributed by atoms with van der Waals surface area (Å²) < 4.78 is 7.83. The molecule has 134 valence electrons. The second kappa shape index (κ2) is 7.12. The van der Waals surface area contributed by atoms with Crippen LogP contribution < -0.4 is 4.74 Å². The van der Waals surface area contributed by atoms with E-state index in [-0.39, 0.29) is 0 Å². The van der Waals surface area contributed by atoms with Crippen LogP contribution in [0.2, 0.25) is 0 Å². The Morgan fingerprint density at radius 1 is 0.704 bits per heavy atom. The Labute approximate surface area is 159 Å². The number of aromatic nitrogens is 2. The average molecular weight is 354 g/mol. The molecule has 3 aromatic carbocycles. The van der Waals surface area contributed by atoms with Crippen LogP contribution in [0.25, 0.3) is 0 Å². The molecular weight excluding hydrogens is 332 g/mol. The van der Waals surface area contributed by atoms with Gasteiger partial charge in [-0.15, -0.1) is 0 Å². The molecule has 0 radical (unpaired) electrons. The fourth-order valence-electron chi connectivity index (χ4n) is 3.82. The maximum Gasteiger partial charge on any atom is 0.297 e. The van der Waals surface area contributed by atoms with E-state index in [1.807, 2.05) is 25.1 Å². The highest BCUT2D eigenvalue weighted by atomic mass is 16.5. The third-order valence-electron chi connectivity index (χ3n) is 4.91. The van der Waals surface area contributed by atoms with Crippen LogP contribution in [0.1, 0.15) is 22.4 Å². The second-order valence-electron chi connectivity index (χ2n) is 6.55. The molecule has 3 heteroatoms. The summed E-state index contributed by atoms with van der Waals surface area (Å²) in [5, 5.41) is 0. The number of aryl methyl sites for hydroxylation is 1. The van der Waals surface area contributed by atoms with E-state index in [4.69, 9.17) is 4.74 Å². The van der Waals surface area contributed by atoms with Gasteiger partial charge in [-0.2, -0.15) is 0 Å². The van der Waals surface area contributed by atoms with Gasteiger partial charge in [-0.1, -0.05) is 91.0 Å². The highest BCUT2D eigenvalue weighted by Gasteiger charge is 2.40. The van der Waals surface area contributed by atoms with Crippen molar-refractivity contribution < 1.29 is 4.74 Å². The van der Waals surface area contributed by atoms with Crippen molar-refractivity contribution in [2.75, 3.05) is 7.11 Å². The molecule has 0 fully saturated rings. The monoisotopic (exact) mass is 354 g/mol. The summed E-state index contributed by atoms with van der Waals surface area (Å²) in [7, 11) is 1.67. The molecule has 0 amide bonds. The number of ether oxygens (including phenoxy) is 1. The molecular formula is C24H22N2O. The Kier molecular flexibility index (Phi) is 4.51. The van der Waals surface area contributed by atoms with E-state index >= 15 is 0 Å². The maximum absolute atomic E-state index is 5.69. The average Bonchev–Trinajstić information content (AvgIpc) is 3.12. The van der Waals surface area contributed by atoms with E-state index in [0.717, 1.165) is 22.4 Å². The molecule has 1 heterocycles. The zero-order valence-electron chi connectivity index (χ0n) is 15.5. The molecule has 0 N–H and O–H groups in total. The lowest BCUT2D eigenvalue weighted by Gasteiger charge is -2.37. The van der Waals surface area contributed by atoms with Crippen LogP contribution in [0.15, 0.2) is 97.2 Å². The fourth-order valence-corrected chi connectivity index (χ4v) is 3.82. The van der Waals surface area contributed by atoms with Gasteiger partial charge in [0, 0.05) is 6.20 Å². The lowest BCUT2D eigenvalue weighted by Crippen LogP contribution is -2.37. The van der Waals surface area contributed by atoms with Gasteiger partial charge < -0.3 is 4.74 Å². The van der Waals surface area contributed by atoms with Gasteiger partial charge >= 0.3 is 0 Å². The quantitative estimate of drug-likeness (QED) is 0.470. The fraction of sp³-hybridized carbons (Fsp3) is 0.125. The van der Waals surface area contributed by atoms with E-state index < -0.39 is 5.54 Å². The minimum Gasteiger partial charge on any atom is -0.468 e. The van der Waals surface area contributed by atoms with Crippen LogP contribution in [-0.4, -0.2) is 16.7 Å². The first-order valence-electron chi connectivity index (χ1n) is 9.04. The summed E-state index contributed by atoms with van der Waals surface area (Å²) in [5.41, 5.74) is 3.78. The van der Waals surface area contributed by atoms with Crippen molar-refractivity contribution in [2.24, 2.45) is 0 Å². The highest BCUT2D eigenvalue weighted by molar-refractivity contribution is 5.51. The molecule has 0 atom stereocenters. The first-order valence-corrected chi connectivity index (χ1v) is 9.04. The third-order valence-corrected chi connectivity index (χ3v) is 4.91. The number of nitrogens with zero attached hydrogens (tertiary/aromatic N) is 2. The van der Waals surface area contributed by atoms with E-state index in [0.29, 0.717) is 6.01 Å². The summed E-state index contributed by atoms with van der Waals surface area (Å²) in [6.45, 7) is 1.99. The minimum atomic E-state index is -0.587. The van der Waals surface area contributed by atoms with E-state index in [9.17, 15) is 0 Å². The molecule has 0 bridgehead atoms. The lowest BCUT2D eigenvalue weighted by atomic mass is 9.76. The van der Waals surface area contributed by atoms with Crippen LogP contribution in [-0.2, 0) is 5.54 Å². The second-order valence-corrected chi connectivity index (χ2v) is 6.55. The molecule has 0 aliphatic carbocycles. The number of benzene rings is 3. The van der Waals surface area contributed by atoms with E-state index in [1.165, 1.54) is 0 Å². The molecule has 0 saturated heterocycles. The molecule has 27 heavy (non-hydrogen) atoms. The maximum atomic E-state index is 5.69. The van der Waals surface area contributed by atoms with Crippen LogP contribution in [0.4, 0.5) is 0 Å². The van der Waals surface area contributed by atoms with Gasteiger partial charge in [0.25, 0.3) is 6.01 Å². The minimum absolute atomic E-state index is 0.587. The standard InChI is InChI=1S/C24H22N2O/c1-19-18-26(23(25-19)27-2)24(20-12-6-3-7-13-20,21-14-8-4-9-15-21)22-16-10-5-11-17-22/h3-18H,1-2H3. The summed E-state index contributed by atoms with van der Waals surface area (Å²) >= 11 is 0. The third kappa shape index (κ3) is 2.81. The number of methoxy groups -OCH3 is 1. The van der Waals surface area contributed by atoms with Gasteiger partial charge in [0.2, 0.25) is 0 Å². The zero-order chi connectivity index (χ0) is 18.7. The van der Waals surface area contributed by atoms with Crippen molar-refractivity contribution in [3.05, 3.63) is 120 Å². The van der Waals surface area contributed by atoms with E-state index in [1.54, 1.807) is 7.11 Å². The van der Waals surface area contributed by atoms with E-state index in [2.05, 4.69) is 88.5 Å².